The molecular weight excluding hydrogens is 310 g/mol. The minimum atomic E-state index is -0.0115. The number of rotatable bonds is 7. The van der Waals surface area contributed by atoms with Crippen LogP contribution in [0.15, 0.2) is 42.5 Å². The maximum absolute atomic E-state index is 12.7. The number of methoxy groups -OCH3 is 1. The first-order chi connectivity index (χ1) is 11.9. The van der Waals surface area contributed by atoms with Crippen molar-refractivity contribution in [2.24, 2.45) is 0 Å². The number of hydrogen-bond donors (Lipinski definition) is 1. The summed E-state index contributed by atoms with van der Waals surface area (Å²) in [4.78, 5) is 12.7. The largest absolute Gasteiger partial charge is 0.496 e. The summed E-state index contributed by atoms with van der Waals surface area (Å²) in [5.41, 5.74) is 4.03. The van der Waals surface area contributed by atoms with Crippen LogP contribution in [0, 0.1) is 6.92 Å². The summed E-state index contributed by atoms with van der Waals surface area (Å²) in [5, 5.41) is 3.13. The van der Waals surface area contributed by atoms with Crippen LogP contribution in [-0.4, -0.2) is 19.1 Å². The van der Waals surface area contributed by atoms with Gasteiger partial charge in [-0.3, -0.25) is 4.79 Å². The van der Waals surface area contributed by atoms with Crippen molar-refractivity contribution in [2.45, 2.75) is 52.5 Å². The van der Waals surface area contributed by atoms with Gasteiger partial charge in [0.2, 0.25) is 0 Å². The number of benzene rings is 2. The van der Waals surface area contributed by atoms with Gasteiger partial charge < -0.3 is 10.1 Å². The van der Waals surface area contributed by atoms with E-state index in [9.17, 15) is 4.79 Å². The molecule has 2 rings (SSSR count). The fourth-order valence-electron chi connectivity index (χ4n) is 2.97. The van der Waals surface area contributed by atoms with E-state index in [1.807, 2.05) is 37.3 Å². The third kappa shape index (κ3) is 5.09. The average Bonchev–Trinajstić information content (AvgIpc) is 2.60. The number of aryl methyl sites for hydroxylation is 2. The Morgan fingerprint density at radius 1 is 1.12 bits per heavy atom. The summed E-state index contributed by atoms with van der Waals surface area (Å²) in [6.07, 6.45) is 1.88. The van der Waals surface area contributed by atoms with Gasteiger partial charge in [0.15, 0.2) is 0 Å². The van der Waals surface area contributed by atoms with Gasteiger partial charge in [-0.2, -0.15) is 0 Å². The second kappa shape index (κ2) is 8.70. The van der Waals surface area contributed by atoms with E-state index in [-0.39, 0.29) is 11.9 Å². The van der Waals surface area contributed by atoms with E-state index in [1.165, 1.54) is 5.56 Å². The van der Waals surface area contributed by atoms with Crippen LogP contribution in [0.2, 0.25) is 0 Å². The summed E-state index contributed by atoms with van der Waals surface area (Å²) in [6.45, 7) is 8.23. The number of hydrogen-bond acceptors (Lipinski definition) is 2. The van der Waals surface area contributed by atoms with E-state index in [1.54, 1.807) is 7.11 Å². The van der Waals surface area contributed by atoms with Crippen LogP contribution in [0.5, 0.6) is 5.75 Å². The van der Waals surface area contributed by atoms with E-state index < -0.39 is 0 Å². The van der Waals surface area contributed by atoms with E-state index in [4.69, 9.17) is 4.74 Å². The van der Waals surface area contributed by atoms with Crippen molar-refractivity contribution < 1.29 is 9.53 Å². The molecule has 0 radical (unpaired) electrons. The van der Waals surface area contributed by atoms with Crippen LogP contribution >= 0.6 is 0 Å². The van der Waals surface area contributed by atoms with Gasteiger partial charge in [-0.25, -0.2) is 0 Å². The van der Waals surface area contributed by atoms with Crippen molar-refractivity contribution >= 4 is 5.91 Å². The fraction of sp³-hybridized carbons (Fsp3) is 0.409. The number of carbonyl (C=O) groups is 1. The van der Waals surface area contributed by atoms with Gasteiger partial charge in [0.1, 0.15) is 5.75 Å². The first kappa shape index (κ1) is 19.0. The number of nitrogens with one attached hydrogen (secondary N) is 1. The maximum Gasteiger partial charge on any atom is 0.251 e. The van der Waals surface area contributed by atoms with Crippen LogP contribution in [0.4, 0.5) is 0 Å². The molecule has 25 heavy (non-hydrogen) atoms. The second-order valence-electron chi connectivity index (χ2n) is 6.96. The van der Waals surface area contributed by atoms with E-state index in [2.05, 4.69) is 38.2 Å². The van der Waals surface area contributed by atoms with Crippen LogP contribution in [0.1, 0.15) is 60.2 Å². The van der Waals surface area contributed by atoms with Crippen LogP contribution < -0.4 is 10.1 Å². The lowest BCUT2D eigenvalue weighted by molar-refractivity contribution is 0.0937. The molecule has 3 heteroatoms. The highest BCUT2D eigenvalue weighted by atomic mass is 16.5. The lowest BCUT2D eigenvalue weighted by Gasteiger charge is -2.18. The first-order valence-electron chi connectivity index (χ1n) is 8.95. The number of carbonyl (C=O) groups excluding carboxylic acids is 1. The molecule has 0 unspecified atom stereocenters. The Hall–Kier alpha value is -2.29. The normalized spacial score (nSPS) is 12.1. The summed E-state index contributed by atoms with van der Waals surface area (Å²) < 4.78 is 5.46. The molecule has 1 N–H and O–H groups in total. The molecule has 134 valence electrons. The molecule has 0 aliphatic rings. The monoisotopic (exact) mass is 339 g/mol. The maximum atomic E-state index is 12.7. The SMILES string of the molecule is COc1cc(C)c(C(=O)N[C@@H](C)CCc2ccccc2)cc1C(C)C. The zero-order chi connectivity index (χ0) is 18.4. The standard InChI is InChI=1S/C22H29NO2/c1-15(2)19-14-20(16(3)13-21(19)25-5)22(24)23-17(4)11-12-18-9-7-6-8-10-18/h6-10,13-15,17H,11-12H2,1-5H3,(H,23,24)/t17-/m0/s1. The van der Waals surface area contributed by atoms with E-state index in [0.29, 0.717) is 5.92 Å². The predicted octanol–water partition coefficient (Wildman–Crippen LogP) is 4.88. The lowest BCUT2D eigenvalue weighted by atomic mass is 9.96. The van der Waals surface area contributed by atoms with E-state index >= 15 is 0 Å². The van der Waals surface area contributed by atoms with Gasteiger partial charge in [0.05, 0.1) is 7.11 Å². The molecule has 0 heterocycles. The molecular formula is C22H29NO2. The van der Waals surface area contributed by atoms with E-state index in [0.717, 1.165) is 35.3 Å². The average molecular weight is 339 g/mol. The van der Waals surface area contributed by atoms with Crippen molar-refractivity contribution in [2.75, 3.05) is 7.11 Å². The van der Waals surface area contributed by atoms with Gasteiger partial charge in [-0.1, -0.05) is 44.2 Å². The molecule has 1 atom stereocenters. The van der Waals surface area contributed by atoms with Gasteiger partial charge in [0.25, 0.3) is 5.91 Å². The Balaban J connectivity index is 2.05. The summed E-state index contributed by atoms with van der Waals surface area (Å²) in [5.74, 6) is 1.14. The quantitative estimate of drug-likeness (QED) is 0.781. The first-order valence-corrected chi connectivity index (χ1v) is 8.95. The Kier molecular flexibility index (Phi) is 6.63. The van der Waals surface area contributed by atoms with Crippen molar-refractivity contribution in [3.05, 3.63) is 64.7 Å². The third-order valence-corrected chi connectivity index (χ3v) is 4.53. The molecule has 0 bridgehead atoms. The molecule has 2 aromatic carbocycles. The smallest absolute Gasteiger partial charge is 0.251 e. The molecule has 0 saturated carbocycles. The molecule has 0 aliphatic heterocycles. The van der Waals surface area contributed by atoms with Crippen LogP contribution in [0.3, 0.4) is 0 Å². The molecule has 0 fully saturated rings. The van der Waals surface area contributed by atoms with Gasteiger partial charge in [0, 0.05) is 11.6 Å². The second-order valence-corrected chi connectivity index (χ2v) is 6.96. The Morgan fingerprint density at radius 2 is 1.80 bits per heavy atom. The Bertz CT molecular complexity index is 707. The van der Waals surface area contributed by atoms with Crippen molar-refractivity contribution in [1.82, 2.24) is 5.32 Å². The molecule has 0 spiro atoms. The Labute approximate surface area is 151 Å². The number of amides is 1. The van der Waals surface area contributed by atoms with Crippen molar-refractivity contribution in [1.29, 1.82) is 0 Å². The van der Waals surface area contributed by atoms with Gasteiger partial charge in [-0.15, -0.1) is 0 Å². The molecule has 0 aromatic heterocycles. The minimum absolute atomic E-state index is 0.0115. The van der Waals surface area contributed by atoms with Gasteiger partial charge >= 0.3 is 0 Å². The zero-order valence-electron chi connectivity index (χ0n) is 15.9. The summed E-state index contributed by atoms with van der Waals surface area (Å²) in [6, 6.07) is 14.4. The molecule has 0 saturated heterocycles. The zero-order valence-corrected chi connectivity index (χ0v) is 15.9. The van der Waals surface area contributed by atoms with Crippen molar-refractivity contribution in [3.63, 3.8) is 0 Å². The molecule has 3 nitrogen and oxygen atoms in total. The van der Waals surface area contributed by atoms with Crippen LogP contribution in [-0.2, 0) is 6.42 Å². The minimum Gasteiger partial charge on any atom is -0.496 e. The molecule has 2 aromatic rings. The highest BCUT2D eigenvalue weighted by molar-refractivity contribution is 5.96. The lowest BCUT2D eigenvalue weighted by Crippen LogP contribution is -2.33. The van der Waals surface area contributed by atoms with Crippen molar-refractivity contribution in [3.8, 4) is 5.75 Å². The molecule has 0 aliphatic carbocycles. The topological polar surface area (TPSA) is 38.3 Å². The fourth-order valence-corrected chi connectivity index (χ4v) is 2.97. The summed E-state index contributed by atoms with van der Waals surface area (Å²) in [7, 11) is 1.67. The van der Waals surface area contributed by atoms with Crippen LogP contribution in [0.25, 0.3) is 0 Å². The Morgan fingerprint density at radius 3 is 2.40 bits per heavy atom. The van der Waals surface area contributed by atoms with Gasteiger partial charge in [-0.05, 0) is 61.4 Å². The molecule has 1 amide bonds. The highest BCUT2D eigenvalue weighted by Crippen LogP contribution is 2.29. The number of ether oxygens (including phenoxy) is 1. The predicted molar refractivity (Wildman–Crippen MR) is 104 cm³/mol. The highest BCUT2D eigenvalue weighted by Gasteiger charge is 2.17. The summed E-state index contributed by atoms with van der Waals surface area (Å²) >= 11 is 0. The third-order valence-electron chi connectivity index (χ3n) is 4.53.